The van der Waals surface area contributed by atoms with E-state index in [0.29, 0.717) is 6.42 Å². The Morgan fingerprint density at radius 1 is 1.38 bits per heavy atom. The van der Waals surface area contributed by atoms with Crippen LogP contribution in [0.4, 0.5) is 0 Å². The summed E-state index contributed by atoms with van der Waals surface area (Å²) < 4.78 is 10.5. The first-order chi connectivity index (χ1) is 7.70. The first-order valence-corrected chi connectivity index (χ1v) is 5.15. The van der Waals surface area contributed by atoms with Crippen LogP contribution in [0.2, 0.25) is 0 Å². The van der Waals surface area contributed by atoms with Gasteiger partial charge in [0.1, 0.15) is 6.04 Å². The first-order valence-electron chi connectivity index (χ1n) is 5.15. The van der Waals surface area contributed by atoms with E-state index in [1.54, 1.807) is 0 Å². The van der Waals surface area contributed by atoms with Gasteiger partial charge in [0.05, 0.1) is 6.07 Å². The predicted octanol–water partition coefficient (Wildman–Crippen LogP) is 1.41. The third-order valence-corrected chi connectivity index (χ3v) is 2.64. The van der Waals surface area contributed by atoms with Crippen molar-refractivity contribution < 1.29 is 9.47 Å². The zero-order chi connectivity index (χ0) is 11.5. The van der Waals surface area contributed by atoms with E-state index in [1.165, 1.54) is 0 Å². The number of fused-ring (bicyclic) bond motifs is 1. The molecule has 1 atom stereocenters. The van der Waals surface area contributed by atoms with Crippen LogP contribution in [0.5, 0.6) is 11.5 Å². The normalized spacial score (nSPS) is 14.9. The molecule has 4 nitrogen and oxygen atoms in total. The van der Waals surface area contributed by atoms with Crippen molar-refractivity contribution in [2.24, 2.45) is 0 Å². The number of benzene rings is 1. The molecule has 0 radical (unpaired) electrons. The molecule has 0 aromatic heterocycles. The predicted molar refractivity (Wildman–Crippen MR) is 59.4 cm³/mol. The molecule has 1 unspecified atom stereocenters. The molecule has 1 aromatic rings. The van der Waals surface area contributed by atoms with Crippen molar-refractivity contribution in [2.45, 2.75) is 12.5 Å². The summed E-state index contributed by atoms with van der Waals surface area (Å²) in [7, 11) is 3.81. The van der Waals surface area contributed by atoms with Crippen LogP contribution in [0.3, 0.4) is 0 Å². The fourth-order valence-electron chi connectivity index (χ4n) is 1.63. The van der Waals surface area contributed by atoms with E-state index in [-0.39, 0.29) is 12.8 Å². The van der Waals surface area contributed by atoms with Gasteiger partial charge < -0.3 is 9.47 Å². The molecule has 0 saturated heterocycles. The largest absolute Gasteiger partial charge is 0.454 e. The van der Waals surface area contributed by atoms with Crippen molar-refractivity contribution in [2.75, 3.05) is 20.9 Å². The molecule has 0 N–H and O–H groups in total. The fourth-order valence-corrected chi connectivity index (χ4v) is 1.63. The van der Waals surface area contributed by atoms with Crippen LogP contribution in [-0.4, -0.2) is 31.8 Å². The van der Waals surface area contributed by atoms with Gasteiger partial charge in [-0.05, 0) is 31.8 Å². The monoisotopic (exact) mass is 218 g/mol. The second-order valence-corrected chi connectivity index (χ2v) is 4.00. The van der Waals surface area contributed by atoms with Gasteiger partial charge in [-0.3, -0.25) is 4.90 Å². The van der Waals surface area contributed by atoms with Crippen molar-refractivity contribution in [3.8, 4) is 17.6 Å². The van der Waals surface area contributed by atoms with Gasteiger partial charge in [0.15, 0.2) is 11.5 Å². The van der Waals surface area contributed by atoms with Crippen molar-refractivity contribution in [3.63, 3.8) is 0 Å². The first kappa shape index (κ1) is 10.8. The Morgan fingerprint density at radius 2 is 2.12 bits per heavy atom. The minimum atomic E-state index is -0.111. The standard InChI is InChI=1S/C12H14N2O2/c1-14(2)10(7-13)5-9-3-4-11-12(6-9)16-8-15-11/h3-4,6,10H,5,8H2,1-2H3. The van der Waals surface area contributed by atoms with Crippen LogP contribution < -0.4 is 9.47 Å². The van der Waals surface area contributed by atoms with E-state index in [1.807, 2.05) is 37.2 Å². The van der Waals surface area contributed by atoms with Gasteiger partial charge in [-0.2, -0.15) is 5.26 Å². The van der Waals surface area contributed by atoms with Crippen molar-refractivity contribution in [1.29, 1.82) is 5.26 Å². The van der Waals surface area contributed by atoms with E-state index in [0.717, 1.165) is 17.1 Å². The summed E-state index contributed by atoms with van der Waals surface area (Å²) in [5, 5.41) is 9.00. The molecule has 0 spiro atoms. The molecule has 1 aliphatic heterocycles. The molecule has 0 bridgehead atoms. The summed E-state index contributed by atoms with van der Waals surface area (Å²) in [6.45, 7) is 0.286. The van der Waals surface area contributed by atoms with Crippen LogP contribution in [0.15, 0.2) is 18.2 Å². The molecule has 1 aromatic carbocycles. The Morgan fingerprint density at radius 3 is 2.81 bits per heavy atom. The molecule has 0 fully saturated rings. The summed E-state index contributed by atoms with van der Waals surface area (Å²) in [4.78, 5) is 1.91. The van der Waals surface area contributed by atoms with Crippen LogP contribution >= 0.6 is 0 Å². The maximum Gasteiger partial charge on any atom is 0.231 e. The highest BCUT2D eigenvalue weighted by Crippen LogP contribution is 2.32. The quantitative estimate of drug-likeness (QED) is 0.769. The molecule has 1 heterocycles. The molecular formula is C12H14N2O2. The smallest absolute Gasteiger partial charge is 0.231 e. The van der Waals surface area contributed by atoms with Gasteiger partial charge >= 0.3 is 0 Å². The highest BCUT2D eigenvalue weighted by molar-refractivity contribution is 5.44. The van der Waals surface area contributed by atoms with Crippen LogP contribution in [0.1, 0.15) is 5.56 Å². The topological polar surface area (TPSA) is 45.5 Å². The Hall–Kier alpha value is -1.73. The number of ether oxygens (including phenoxy) is 2. The fraction of sp³-hybridized carbons (Fsp3) is 0.417. The van der Waals surface area contributed by atoms with Gasteiger partial charge in [0, 0.05) is 6.42 Å². The lowest BCUT2D eigenvalue weighted by Crippen LogP contribution is -2.28. The molecule has 4 heteroatoms. The lowest BCUT2D eigenvalue weighted by atomic mass is 10.1. The molecule has 0 aliphatic carbocycles. The minimum absolute atomic E-state index is 0.111. The van der Waals surface area contributed by atoms with Crippen molar-refractivity contribution >= 4 is 0 Å². The summed E-state index contributed by atoms with van der Waals surface area (Å²) in [6.07, 6.45) is 0.695. The maximum atomic E-state index is 9.00. The molecular weight excluding hydrogens is 204 g/mol. The van der Waals surface area contributed by atoms with Gasteiger partial charge in [-0.15, -0.1) is 0 Å². The molecule has 16 heavy (non-hydrogen) atoms. The summed E-state index contributed by atoms with van der Waals surface area (Å²) >= 11 is 0. The number of hydrogen-bond acceptors (Lipinski definition) is 4. The second-order valence-electron chi connectivity index (χ2n) is 4.00. The SMILES string of the molecule is CN(C)C(C#N)Cc1ccc2c(c1)OCO2. The zero-order valence-electron chi connectivity index (χ0n) is 9.43. The molecule has 0 saturated carbocycles. The molecule has 0 amide bonds. The zero-order valence-corrected chi connectivity index (χ0v) is 9.43. The third kappa shape index (κ3) is 2.10. The van der Waals surface area contributed by atoms with E-state index in [9.17, 15) is 0 Å². The highest BCUT2D eigenvalue weighted by atomic mass is 16.7. The van der Waals surface area contributed by atoms with E-state index in [2.05, 4.69) is 6.07 Å². The van der Waals surface area contributed by atoms with Gasteiger partial charge in [-0.25, -0.2) is 0 Å². The van der Waals surface area contributed by atoms with Gasteiger partial charge in [0.2, 0.25) is 6.79 Å². The Balaban J connectivity index is 2.14. The Bertz CT molecular complexity index is 424. The summed E-state index contributed by atoms with van der Waals surface area (Å²) in [6, 6.07) is 7.97. The lowest BCUT2D eigenvalue weighted by Gasteiger charge is -2.16. The number of hydrogen-bond donors (Lipinski definition) is 0. The van der Waals surface area contributed by atoms with Crippen LogP contribution in [-0.2, 0) is 6.42 Å². The number of nitrogens with zero attached hydrogens (tertiary/aromatic N) is 2. The van der Waals surface area contributed by atoms with Crippen LogP contribution in [0.25, 0.3) is 0 Å². The van der Waals surface area contributed by atoms with Crippen molar-refractivity contribution in [3.05, 3.63) is 23.8 Å². The molecule has 1 aliphatic rings. The minimum Gasteiger partial charge on any atom is -0.454 e. The van der Waals surface area contributed by atoms with Gasteiger partial charge in [0.25, 0.3) is 0 Å². The average Bonchev–Trinajstić information content (AvgIpc) is 2.72. The summed E-state index contributed by atoms with van der Waals surface area (Å²) in [5.41, 5.74) is 1.09. The van der Waals surface area contributed by atoms with Crippen LogP contribution in [0, 0.1) is 11.3 Å². The van der Waals surface area contributed by atoms with Crippen molar-refractivity contribution in [1.82, 2.24) is 4.90 Å². The van der Waals surface area contributed by atoms with E-state index >= 15 is 0 Å². The Kier molecular flexibility index (Phi) is 2.97. The number of nitriles is 1. The lowest BCUT2D eigenvalue weighted by molar-refractivity contribution is 0.174. The average molecular weight is 218 g/mol. The Labute approximate surface area is 95.0 Å². The highest BCUT2D eigenvalue weighted by Gasteiger charge is 2.16. The van der Waals surface area contributed by atoms with E-state index in [4.69, 9.17) is 14.7 Å². The summed E-state index contributed by atoms with van der Waals surface area (Å²) in [5.74, 6) is 1.55. The second kappa shape index (κ2) is 4.42. The number of likely N-dealkylation sites (N-methyl/N-ethyl adjacent to an activating group) is 1. The van der Waals surface area contributed by atoms with Gasteiger partial charge in [-0.1, -0.05) is 6.07 Å². The third-order valence-electron chi connectivity index (χ3n) is 2.64. The molecule has 84 valence electrons. The molecule has 2 rings (SSSR count). The number of rotatable bonds is 3. The maximum absolute atomic E-state index is 9.00. The van der Waals surface area contributed by atoms with E-state index < -0.39 is 0 Å².